The van der Waals surface area contributed by atoms with E-state index in [0.29, 0.717) is 0 Å². The minimum absolute atomic E-state index is 0.200. The Kier molecular flexibility index (Phi) is 2.56. The third-order valence-corrected chi connectivity index (χ3v) is 2.82. The van der Waals surface area contributed by atoms with Crippen LogP contribution in [0.3, 0.4) is 0 Å². The molecule has 0 amide bonds. The molecule has 1 aliphatic rings. The van der Waals surface area contributed by atoms with Crippen LogP contribution in [0.25, 0.3) is 0 Å². The maximum atomic E-state index is 10.5. The molecule has 2 N–H and O–H groups in total. The van der Waals surface area contributed by atoms with E-state index in [1.54, 1.807) is 11.8 Å². The third-order valence-electron chi connectivity index (χ3n) is 1.58. The first-order valence-corrected chi connectivity index (χ1v) is 4.34. The predicted molar refractivity (Wildman–Crippen MR) is 41.3 cm³/mol. The van der Waals surface area contributed by atoms with Gasteiger partial charge in [0.25, 0.3) is 0 Å². The topological polar surface area (TPSA) is 49.3 Å². The zero-order chi connectivity index (χ0) is 7.56. The first-order chi connectivity index (χ1) is 4.72. The monoisotopic (exact) mass is 161 g/mol. The van der Waals surface area contributed by atoms with E-state index in [9.17, 15) is 4.79 Å². The van der Waals surface area contributed by atoms with Crippen LogP contribution in [0, 0.1) is 0 Å². The molecule has 2 unspecified atom stereocenters. The van der Waals surface area contributed by atoms with Crippen LogP contribution in [-0.4, -0.2) is 34.7 Å². The molecule has 0 aliphatic carbocycles. The van der Waals surface area contributed by atoms with E-state index < -0.39 is 5.97 Å². The van der Waals surface area contributed by atoms with Crippen molar-refractivity contribution in [1.82, 2.24) is 5.32 Å². The lowest BCUT2D eigenvalue weighted by Crippen LogP contribution is -2.47. The van der Waals surface area contributed by atoms with Gasteiger partial charge < -0.3 is 10.4 Å². The van der Waals surface area contributed by atoms with Crippen LogP contribution in [0.15, 0.2) is 0 Å². The molecule has 10 heavy (non-hydrogen) atoms. The van der Waals surface area contributed by atoms with Crippen molar-refractivity contribution in [3.05, 3.63) is 0 Å². The van der Waals surface area contributed by atoms with E-state index in [1.165, 1.54) is 0 Å². The lowest BCUT2D eigenvalue weighted by molar-refractivity contribution is -0.139. The molecule has 1 heterocycles. The van der Waals surface area contributed by atoms with Gasteiger partial charge in [0, 0.05) is 17.5 Å². The first kappa shape index (κ1) is 7.88. The van der Waals surface area contributed by atoms with Crippen molar-refractivity contribution >= 4 is 17.7 Å². The summed E-state index contributed by atoms with van der Waals surface area (Å²) >= 11 is 1.71. The second-order valence-corrected chi connectivity index (χ2v) is 3.83. The first-order valence-electron chi connectivity index (χ1n) is 3.29. The number of carboxylic acid groups (broad SMARTS) is 1. The van der Waals surface area contributed by atoms with Crippen molar-refractivity contribution < 1.29 is 9.90 Å². The summed E-state index contributed by atoms with van der Waals surface area (Å²) in [5, 5.41) is 11.8. The molecule has 1 aliphatic heterocycles. The summed E-state index contributed by atoms with van der Waals surface area (Å²) < 4.78 is 0. The molecule has 0 bridgehead atoms. The van der Waals surface area contributed by atoms with Gasteiger partial charge in [-0.25, -0.2) is 0 Å². The van der Waals surface area contributed by atoms with Gasteiger partial charge in [-0.1, -0.05) is 6.92 Å². The van der Waals surface area contributed by atoms with Crippen molar-refractivity contribution in [1.29, 1.82) is 0 Å². The quantitative estimate of drug-likeness (QED) is 0.575. The van der Waals surface area contributed by atoms with Crippen LogP contribution >= 0.6 is 11.8 Å². The van der Waals surface area contributed by atoms with Crippen LogP contribution in [0.4, 0.5) is 0 Å². The van der Waals surface area contributed by atoms with E-state index in [-0.39, 0.29) is 11.3 Å². The molecular weight excluding hydrogens is 150 g/mol. The Labute approximate surface area is 64.2 Å². The van der Waals surface area contributed by atoms with Crippen LogP contribution in [0.5, 0.6) is 0 Å². The Balaban J connectivity index is 2.47. The average molecular weight is 161 g/mol. The lowest BCUT2D eigenvalue weighted by Gasteiger charge is -2.25. The van der Waals surface area contributed by atoms with Crippen molar-refractivity contribution in [2.24, 2.45) is 0 Å². The van der Waals surface area contributed by atoms with Crippen molar-refractivity contribution in [2.75, 3.05) is 12.3 Å². The van der Waals surface area contributed by atoms with Gasteiger partial charge in [-0.3, -0.25) is 4.79 Å². The Morgan fingerprint density at radius 2 is 2.50 bits per heavy atom. The molecule has 58 valence electrons. The van der Waals surface area contributed by atoms with Crippen LogP contribution in [0.1, 0.15) is 6.92 Å². The molecule has 0 aromatic rings. The summed E-state index contributed by atoms with van der Waals surface area (Å²) in [6, 6.07) is -0.348. The SMILES string of the molecule is CC1SCCNC1C(=O)O. The van der Waals surface area contributed by atoms with Gasteiger partial charge in [-0.2, -0.15) is 11.8 Å². The Hall–Kier alpha value is -0.220. The van der Waals surface area contributed by atoms with E-state index in [4.69, 9.17) is 5.11 Å². The number of aliphatic carboxylic acids is 1. The molecule has 0 aromatic heterocycles. The van der Waals surface area contributed by atoms with Gasteiger partial charge in [0.1, 0.15) is 6.04 Å². The zero-order valence-corrected chi connectivity index (χ0v) is 6.65. The van der Waals surface area contributed by atoms with Gasteiger partial charge in [0.2, 0.25) is 0 Å². The molecule has 0 saturated carbocycles. The Morgan fingerprint density at radius 3 is 2.90 bits per heavy atom. The summed E-state index contributed by atoms with van der Waals surface area (Å²) in [4.78, 5) is 10.5. The highest BCUT2D eigenvalue weighted by Crippen LogP contribution is 2.17. The fourth-order valence-corrected chi connectivity index (χ4v) is 2.02. The molecule has 0 spiro atoms. The molecule has 4 heteroatoms. The number of thioether (sulfide) groups is 1. The van der Waals surface area contributed by atoms with Gasteiger partial charge in [0.15, 0.2) is 0 Å². The maximum Gasteiger partial charge on any atom is 0.321 e. The Bertz CT molecular complexity index is 140. The largest absolute Gasteiger partial charge is 0.480 e. The van der Waals surface area contributed by atoms with Gasteiger partial charge in [-0.15, -0.1) is 0 Å². The van der Waals surface area contributed by atoms with Gasteiger partial charge in [-0.05, 0) is 0 Å². The predicted octanol–water partition coefficient (Wildman–Crippen LogP) is 0.164. The summed E-state index contributed by atoms with van der Waals surface area (Å²) in [6.07, 6.45) is 0. The highest BCUT2D eigenvalue weighted by atomic mass is 32.2. The molecule has 1 fully saturated rings. The summed E-state index contributed by atoms with van der Waals surface area (Å²) in [7, 11) is 0. The summed E-state index contributed by atoms with van der Waals surface area (Å²) in [5.41, 5.74) is 0. The van der Waals surface area contributed by atoms with Crippen molar-refractivity contribution in [2.45, 2.75) is 18.2 Å². The molecule has 2 atom stereocenters. The van der Waals surface area contributed by atoms with Crippen molar-refractivity contribution in [3.63, 3.8) is 0 Å². The minimum atomic E-state index is -0.736. The lowest BCUT2D eigenvalue weighted by atomic mass is 10.2. The van der Waals surface area contributed by atoms with E-state index in [2.05, 4.69) is 5.32 Å². The molecule has 1 rings (SSSR count). The van der Waals surface area contributed by atoms with Crippen LogP contribution in [0.2, 0.25) is 0 Å². The van der Waals surface area contributed by atoms with Gasteiger partial charge in [0.05, 0.1) is 0 Å². The normalized spacial score (nSPS) is 33.7. The highest BCUT2D eigenvalue weighted by Gasteiger charge is 2.26. The molecule has 0 radical (unpaired) electrons. The summed E-state index contributed by atoms with van der Waals surface area (Å²) in [6.45, 7) is 2.75. The zero-order valence-electron chi connectivity index (χ0n) is 5.83. The summed E-state index contributed by atoms with van der Waals surface area (Å²) in [5.74, 6) is 0.282. The fraction of sp³-hybridized carbons (Fsp3) is 0.833. The van der Waals surface area contributed by atoms with Crippen molar-refractivity contribution in [3.8, 4) is 0 Å². The van der Waals surface area contributed by atoms with E-state index >= 15 is 0 Å². The van der Waals surface area contributed by atoms with E-state index in [0.717, 1.165) is 12.3 Å². The third kappa shape index (κ3) is 1.64. The maximum absolute atomic E-state index is 10.5. The standard InChI is InChI=1S/C6H11NO2S/c1-4-5(6(8)9)7-2-3-10-4/h4-5,7H,2-3H2,1H3,(H,8,9). The number of hydrogen-bond donors (Lipinski definition) is 2. The number of rotatable bonds is 1. The minimum Gasteiger partial charge on any atom is -0.480 e. The van der Waals surface area contributed by atoms with Crippen LogP contribution < -0.4 is 5.32 Å². The number of nitrogens with one attached hydrogen (secondary N) is 1. The second kappa shape index (κ2) is 3.25. The van der Waals surface area contributed by atoms with Crippen LogP contribution in [-0.2, 0) is 4.79 Å². The van der Waals surface area contributed by atoms with Gasteiger partial charge >= 0.3 is 5.97 Å². The smallest absolute Gasteiger partial charge is 0.321 e. The second-order valence-electron chi connectivity index (χ2n) is 2.35. The number of carboxylic acids is 1. The molecule has 3 nitrogen and oxygen atoms in total. The fourth-order valence-electron chi connectivity index (χ4n) is 1.01. The molecular formula is C6H11NO2S. The Morgan fingerprint density at radius 1 is 1.80 bits per heavy atom. The number of carbonyl (C=O) groups is 1. The molecule has 1 saturated heterocycles. The highest BCUT2D eigenvalue weighted by molar-refractivity contribution is 8.00. The average Bonchev–Trinajstić information content (AvgIpc) is 1.88. The number of hydrogen-bond acceptors (Lipinski definition) is 3. The molecule has 0 aromatic carbocycles. The van der Waals surface area contributed by atoms with E-state index in [1.807, 2.05) is 6.92 Å².